The van der Waals surface area contributed by atoms with Crippen molar-refractivity contribution in [2.75, 3.05) is 26.9 Å². The highest BCUT2D eigenvalue weighted by molar-refractivity contribution is 5.14. The summed E-state index contributed by atoms with van der Waals surface area (Å²) in [5.41, 5.74) is 1.19. The molecule has 1 fully saturated rings. The van der Waals surface area contributed by atoms with E-state index in [0.29, 0.717) is 13.2 Å². The van der Waals surface area contributed by atoms with Crippen LogP contribution in [-0.4, -0.2) is 42.9 Å². The number of hydrogen-bond donors (Lipinski definition) is 2. The molecule has 0 aromatic carbocycles. The first kappa shape index (κ1) is 14.5. The van der Waals surface area contributed by atoms with Gasteiger partial charge in [0.25, 0.3) is 0 Å². The van der Waals surface area contributed by atoms with Crippen LogP contribution in [0.25, 0.3) is 0 Å². The van der Waals surface area contributed by atoms with Crippen LogP contribution in [0.5, 0.6) is 0 Å². The van der Waals surface area contributed by atoms with Gasteiger partial charge in [0.2, 0.25) is 0 Å². The molecule has 1 aromatic heterocycles. The molecule has 0 radical (unpaired) electrons. The van der Waals surface area contributed by atoms with Gasteiger partial charge in [0, 0.05) is 25.3 Å². The van der Waals surface area contributed by atoms with Crippen LogP contribution in [-0.2, 0) is 14.9 Å². The quantitative estimate of drug-likeness (QED) is 0.798. The van der Waals surface area contributed by atoms with Gasteiger partial charge in [-0.3, -0.25) is 0 Å². The maximum atomic E-state index is 5.74. The van der Waals surface area contributed by atoms with E-state index in [1.807, 2.05) is 6.20 Å². The van der Waals surface area contributed by atoms with E-state index in [-0.39, 0.29) is 17.6 Å². The number of imidazole rings is 1. The molecule has 1 aliphatic heterocycles. The summed E-state index contributed by atoms with van der Waals surface area (Å²) in [6.07, 6.45) is 3.22. The minimum absolute atomic E-state index is 0.0850. The molecule has 0 amide bonds. The lowest BCUT2D eigenvalue weighted by atomic mass is 9.93. The second kappa shape index (κ2) is 6.03. The van der Waals surface area contributed by atoms with Crippen molar-refractivity contribution in [2.45, 2.75) is 44.8 Å². The molecule has 1 aliphatic rings. The summed E-state index contributed by atoms with van der Waals surface area (Å²) in [7, 11) is 1.69. The molecule has 19 heavy (non-hydrogen) atoms. The van der Waals surface area contributed by atoms with Gasteiger partial charge in [0.15, 0.2) is 0 Å². The predicted molar refractivity (Wildman–Crippen MR) is 74.3 cm³/mol. The van der Waals surface area contributed by atoms with Crippen LogP contribution in [0.1, 0.15) is 44.8 Å². The Morgan fingerprint density at radius 3 is 2.79 bits per heavy atom. The molecule has 108 valence electrons. The minimum Gasteiger partial charge on any atom is -0.382 e. The fraction of sp³-hybridized carbons (Fsp3) is 0.786. The summed E-state index contributed by atoms with van der Waals surface area (Å²) in [5, 5.41) is 3.46. The Morgan fingerprint density at radius 1 is 1.37 bits per heavy atom. The number of hydrogen-bond acceptors (Lipinski definition) is 4. The Hall–Kier alpha value is -0.910. The van der Waals surface area contributed by atoms with Gasteiger partial charge < -0.3 is 19.8 Å². The van der Waals surface area contributed by atoms with E-state index in [2.05, 4.69) is 31.1 Å². The maximum absolute atomic E-state index is 5.74. The van der Waals surface area contributed by atoms with E-state index in [0.717, 1.165) is 24.5 Å². The Bertz CT molecular complexity index is 398. The normalized spacial score (nSPS) is 24.0. The molecule has 2 N–H and O–H groups in total. The molecule has 0 spiro atoms. The van der Waals surface area contributed by atoms with E-state index in [1.54, 1.807) is 7.11 Å². The van der Waals surface area contributed by atoms with Gasteiger partial charge in [-0.2, -0.15) is 0 Å². The Morgan fingerprint density at radius 2 is 2.16 bits per heavy atom. The van der Waals surface area contributed by atoms with Crippen molar-refractivity contribution >= 4 is 0 Å². The van der Waals surface area contributed by atoms with Gasteiger partial charge in [-0.25, -0.2) is 4.98 Å². The summed E-state index contributed by atoms with van der Waals surface area (Å²) in [4.78, 5) is 7.98. The van der Waals surface area contributed by atoms with Crippen molar-refractivity contribution in [3.8, 4) is 0 Å². The zero-order chi connectivity index (χ0) is 13.9. The van der Waals surface area contributed by atoms with Crippen LogP contribution < -0.4 is 5.32 Å². The second-order valence-corrected chi connectivity index (χ2v) is 6.10. The first-order valence-corrected chi connectivity index (χ1v) is 6.90. The van der Waals surface area contributed by atoms with Gasteiger partial charge in [-0.1, -0.05) is 20.8 Å². The van der Waals surface area contributed by atoms with Crippen molar-refractivity contribution in [3.63, 3.8) is 0 Å². The summed E-state index contributed by atoms with van der Waals surface area (Å²) in [6.45, 7) is 8.69. The Kier molecular flexibility index (Phi) is 4.60. The zero-order valence-electron chi connectivity index (χ0n) is 12.3. The maximum Gasteiger partial charge on any atom is 0.123 e. The van der Waals surface area contributed by atoms with Crippen molar-refractivity contribution in [2.24, 2.45) is 0 Å². The smallest absolute Gasteiger partial charge is 0.123 e. The molecule has 5 heteroatoms. The lowest BCUT2D eigenvalue weighted by Crippen LogP contribution is -2.19. The number of methoxy groups -OCH3 is 1. The number of nitrogens with one attached hydrogen (secondary N) is 2. The molecular formula is C14H25N3O2. The third-order valence-corrected chi connectivity index (χ3v) is 3.43. The van der Waals surface area contributed by atoms with Gasteiger partial charge >= 0.3 is 0 Å². The van der Waals surface area contributed by atoms with Crippen molar-refractivity contribution in [1.29, 1.82) is 0 Å². The lowest BCUT2D eigenvalue weighted by Gasteiger charge is -2.14. The van der Waals surface area contributed by atoms with Crippen LogP contribution in [0.15, 0.2) is 6.20 Å². The number of aromatic nitrogens is 2. The molecule has 5 nitrogen and oxygen atoms in total. The Labute approximate surface area is 115 Å². The molecule has 1 saturated heterocycles. The standard InChI is InChI=1S/C14H25N3O2/c1-14(2,3)12-9-16-13(17-12)11-7-10(8-15-11)19-6-5-18-4/h9-11,15H,5-8H2,1-4H3,(H,16,17)/t10-,11+/m1/s1. The molecule has 0 saturated carbocycles. The molecule has 2 heterocycles. The SMILES string of the molecule is COCCO[C@H]1CN[C@H](c2nc(C(C)(C)C)c[nH]2)C1. The van der Waals surface area contributed by atoms with E-state index >= 15 is 0 Å². The molecule has 0 bridgehead atoms. The predicted octanol–water partition coefficient (Wildman–Crippen LogP) is 1.77. The molecule has 0 aliphatic carbocycles. The summed E-state index contributed by atoms with van der Waals surface area (Å²) < 4.78 is 10.7. The minimum atomic E-state index is 0.0850. The third-order valence-electron chi connectivity index (χ3n) is 3.43. The molecule has 1 aromatic rings. The summed E-state index contributed by atoms with van der Waals surface area (Å²) in [6, 6.07) is 0.267. The fourth-order valence-electron chi connectivity index (χ4n) is 2.24. The molecular weight excluding hydrogens is 242 g/mol. The highest BCUT2D eigenvalue weighted by Crippen LogP contribution is 2.26. The summed E-state index contributed by atoms with van der Waals surface area (Å²) >= 11 is 0. The van der Waals surface area contributed by atoms with E-state index in [1.165, 1.54) is 0 Å². The van der Waals surface area contributed by atoms with Gasteiger partial charge in [-0.05, 0) is 6.42 Å². The largest absolute Gasteiger partial charge is 0.382 e. The van der Waals surface area contributed by atoms with Crippen LogP contribution in [0.2, 0.25) is 0 Å². The number of aromatic amines is 1. The van der Waals surface area contributed by atoms with Crippen LogP contribution in [0.4, 0.5) is 0 Å². The van der Waals surface area contributed by atoms with Crippen LogP contribution in [0, 0.1) is 0 Å². The monoisotopic (exact) mass is 267 g/mol. The van der Waals surface area contributed by atoms with Crippen LogP contribution >= 0.6 is 0 Å². The highest BCUT2D eigenvalue weighted by atomic mass is 16.5. The summed E-state index contributed by atoms with van der Waals surface area (Å²) in [5.74, 6) is 1.02. The third kappa shape index (κ3) is 3.78. The number of nitrogens with zero attached hydrogens (tertiary/aromatic N) is 1. The fourth-order valence-corrected chi connectivity index (χ4v) is 2.24. The molecule has 2 atom stereocenters. The highest BCUT2D eigenvalue weighted by Gasteiger charge is 2.28. The molecule has 0 unspecified atom stereocenters. The first-order valence-electron chi connectivity index (χ1n) is 6.90. The zero-order valence-corrected chi connectivity index (χ0v) is 12.3. The van der Waals surface area contributed by atoms with E-state index < -0.39 is 0 Å². The second-order valence-electron chi connectivity index (χ2n) is 6.10. The number of H-pyrrole nitrogens is 1. The lowest BCUT2D eigenvalue weighted by molar-refractivity contribution is 0.0260. The number of ether oxygens (including phenoxy) is 2. The first-order chi connectivity index (χ1) is 9.00. The van der Waals surface area contributed by atoms with Gasteiger partial charge in [-0.15, -0.1) is 0 Å². The average Bonchev–Trinajstić information content (AvgIpc) is 2.96. The van der Waals surface area contributed by atoms with Crippen molar-refractivity contribution in [1.82, 2.24) is 15.3 Å². The van der Waals surface area contributed by atoms with Gasteiger partial charge in [0.05, 0.1) is 31.1 Å². The van der Waals surface area contributed by atoms with Crippen molar-refractivity contribution < 1.29 is 9.47 Å². The van der Waals surface area contributed by atoms with Crippen LogP contribution in [0.3, 0.4) is 0 Å². The topological polar surface area (TPSA) is 59.2 Å². The van der Waals surface area contributed by atoms with Crippen molar-refractivity contribution in [3.05, 3.63) is 17.7 Å². The Balaban J connectivity index is 1.88. The molecule has 2 rings (SSSR count). The van der Waals surface area contributed by atoms with Gasteiger partial charge in [0.1, 0.15) is 5.82 Å². The van der Waals surface area contributed by atoms with E-state index in [9.17, 15) is 0 Å². The van der Waals surface area contributed by atoms with E-state index in [4.69, 9.17) is 14.5 Å². The average molecular weight is 267 g/mol. The number of rotatable bonds is 5.